The molecule has 0 spiro atoms. The average Bonchev–Trinajstić information content (AvgIpc) is 3.05. The van der Waals surface area contributed by atoms with Gasteiger partial charge in [-0.05, 0) is 61.8 Å². The quantitative estimate of drug-likeness (QED) is 0.295. The number of nitrogens with one attached hydrogen (secondary N) is 1. The van der Waals surface area contributed by atoms with Crippen LogP contribution in [0.4, 0.5) is 26.3 Å². The first-order valence-corrected chi connectivity index (χ1v) is 12.7. The van der Waals surface area contributed by atoms with E-state index >= 15 is 0 Å². The second kappa shape index (κ2) is 12.8. The molecular formula is C27H34F6N4. The Balaban J connectivity index is 1.60. The third-order valence-electron chi connectivity index (χ3n) is 6.75. The van der Waals surface area contributed by atoms with Gasteiger partial charge < -0.3 is 5.43 Å². The van der Waals surface area contributed by atoms with Crippen molar-refractivity contribution in [3.05, 3.63) is 59.3 Å². The summed E-state index contributed by atoms with van der Waals surface area (Å²) in [4.78, 5) is 8.32. The van der Waals surface area contributed by atoms with Gasteiger partial charge in [0, 0.05) is 37.1 Å². The molecule has 1 aromatic rings. The minimum atomic E-state index is -4.92. The highest BCUT2D eigenvalue weighted by atomic mass is 19.4. The number of hydrazine groups is 1. The van der Waals surface area contributed by atoms with Gasteiger partial charge in [0.25, 0.3) is 0 Å². The highest BCUT2D eigenvalue weighted by Gasteiger charge is 2.37. The van der Waals surface area contributed by atoms with Crippen LogP contribution in [0.3, 0.4) is 0 Å². The molecule has 0 bridgehead atoms. The largest absolute Gasteiger partial charge is 0.416 e. The van der Waals surface area contributed by atoms with Gasteiger partial charge in [0.2, 0.25) is 0 Å². The van der Waals surface area contributed by atoms with Crippen molar-refractivity contribution >= 4 is 12.1 Å². The summed E-state index contributed by atoms with van der Waals surface area (Å²) in [6.45, 7) is 8.48. The lowest BCUT2D eigenvalue weighted by molar-refractivity contribution is -0.143. The Morgan fingerprint density at radius 3 is 2.38 bits per heavy atom. The lowest BCUT2D eigenvalue weighted by Gasteiger charge is -2.29. The Labute approximate surface area is 214 Å². The molecule has 1 aromatic carbocycles. The lowest BCUT2D eigenvalue weighted by Crippen LogP contribution is -2.39. The maximum absolute atomic E-state index is 13.2. The highest BCUT2D eigenvalue weighted by molar-refractivity contribution is 6.03. The van der Waals surface area contributed by atoms with Crippen molar-refractivity contribution in [2.75, 3.05) is 19.6 Å². The van der Waals surface area contributed by atoms with E-state index in [1.165, 1.54) is 19.3 Å². The zero-order valence-electron chi connectivity index (χ0n) is 21.0. The first-order valence-electron chi connectivity index (χ1n) is 12.7. The number of hydrogen-bond acceptors (Lipinski definition) is 4. The normalized spacial score (nSPS) is 22.3. The van der Waals surface area contributed by atoms with Crippen molar-refractivity contribution < 1.29 is 26.3 Å². The van der Waals surface area contributed by atoms with Gasteiger partial charge in [0.05, 0.1) is 11.1 Å². The Bertz CT molecular complexity index is 977. The smallest absolute Gasteiger partial charge is 0.319 e. The van der Waals surface area contributed by atoms with E-state index < -0.39 is 23.5 Å². The standard InChI is InChI=1S/C27H34F6N4/c1-3-20-8-4-5-13-37(14-11-20)36-19(2)7-6-9-21-10-12-34-25(35-18-21)22-15-23(26(28,29)30)17-24(16-22)27(31,32)33/h6-7,15-18,20-21,36H,2-5,8-14H2,1H3/b7-6-. The van der Waals surface area contributed by atoms with E-state index in [1.807, 2.05) is 12.2 Å². The molecule has 37 heavy (non-hydrogen) atoms. The van der Waals surface area contributed by atoms with Crippen molar-refractivity contribution in [3.63, 3.8) is 0 Å². The first-order chi connectivity index (χ1) is 17.5. The Kier molecular flexibility index (Phi) is 9.98. The second-order valence-corrected chi connectivity index (χ2v) is 9.65. The summed E-state index contributed by atoms with van der Waals surface area (Å²) >= 11 is 0. The summed E-state index contributed by atoms with van der Waals surface area (Å²) in [5, 5.41) is 2.20. The van der Waals surface area contributed by atoms with Crippen LogP contribution in [0.25, 0.3) is 0 Å². The highest BCUT2D eigenvalue weighted by Crippen LogP contribution is 2.36. The monoisotopic (exact) mass is 528 g/mol. The van der Waals surface area contributed by atoms with Gasteiger partial charge in [-0.25, -0.2) is 10.0 Å². The summed E-state index contributed by atoms with van der Waals surface area (Å²) < 4.78 is 79.2. The van der Waals surface area contributed by atoms with Gasteiger partial charge in [-0.15, -0.1) is 0 Å². The predicted molar refractivity (Wildman–Crippen MR) is 134 cm³/mol. The number of alkyl halides is 6. The van der Waals surface area contributed by atoms with Gasteiger partial charge in [-0.2, -0.15) is 26.3 Å². The summed E-state index contributed by atoms with van der Waals surface area (Å²) in [6, 6.07) is 1.43. The number of aliphatic imine (C=N–C) groups is 2. The minimum absolute atomic E-state index is 0.0507. The van der Waals surface area contributed by atoms with Crippen LogP contribution in [-0.2, 0) is 12.4 Å². The summed E-state index contributed by atoms with van der Waals surface area (Å²) in [5.74, 6) is 0.577. The number of allylic oxidation sites excluding steroid dienone is 2. The number of amidine groups is 1. The Hall–Kier alpha value is -2.62. The summed E-state index contributed by atoms with van der Waals surface area (Å²) in [5.41, 5.74) is 1.06. The van der Waals surface area contributed by atoms with E-state index in [0.717, 1.165) is 37.5 Å². The molecular weight excluding hydrogens is 494 g/mol. The molecule has 2 atom stereocenters. The van der Waals surface area contributed by atoms with Crippen molar-refractivity contribution in [3.8, 4) is 0 Å². The topological polar surface area (TPSA) is 40.0 Å². The van der Waals surface area contributed by atoms with Crippen LogP contribution in [0, 0.1) is 11.8 Å². The van der Waals surface area contributed by atoms with Crippen molar-refractivity contribution in [2.45, 2.75) is 64.2 Å². The van der Waals surface area contributed by atoms with Crippen LogP contribution < -0.4 is 5.43 Å². The number of nitrogens with zero attached hydrogens (tertiary/aromatic N) is 3. The molecule has 0 aromatic heterocycles. The molecule has 0 saturated carbocycles. The van der Waals surface area contributed by atoms with E-state index in [4.69, 9.17) is 0 Å². The molecule has 1 N–H and O–H groups in total. The van der Waals surface area contributed by atoms with E-state index in [2.05, 4.69) is 33.9 Å². The fourth-order valence-electron chi connectivity index (χ4n) is 4.53. The van der Waals surface area contributed by atoms with E-state index in [-0.39, 0.29) is 29.9 Å². The van der Waals surface area contributed by atoms with E-state index in [9.17, 15) is 26.3 Å². The third-order valence-corrected chi connectivity index (χ3v) is 6.75. The van der Waals surface area contributed by atoms with Gasteiger partial charge in [0.1, 0.15) is 0 Å². The van der Waals surface area contributed by atoms with Crippen LogP contribution >= 0.6 is 0 Å². The number of rotatable bonds is 7. The fourth-order valence-corrected chi connectivity index (χ4v) is 4.53. The predicted octanol–water partition coefficient (Wildman–Crippen LogP) is 7.43. The van der Waals surface area contributed by atoms with Crippen LogP contribution in [0.15, 0.2) is 52.6 Å². The van der Waals surface area contributed by atoms with Crippen molar-refractivity contribution in [1.29, 1.82) is 0 Å². The molecule has 10 heteroatoms. The minimum Gasteiger partial charge on any atom is -0.319 e. The number of benzene rings is 1. The zero-order valence-corrected chi connectivity index (χ0v) is 21.0. The second-order valence-electron chi connectivity index (χ2n) is 9.65. The maximum Gasteiger partial charge on any atom is 0.416 e. The van der Waals surface area contributed by atoms with Gasteiger partial charge in [-0.3, -0.25) is 4.99 Å². The molecule has 2 heterocycles. The molecule has 1 saturated heterocycles. The molecule has 0 aliphatic carbocycles. The third kappa shape index (κ3) is 9.02. The SMILES string of the molecule is C=C(/C=C\CC1C=NC(c2cc(C(F)(F)F)cc(C(F)(F)F)c2)=NCC1)NN1CCCCC(CC)CC1. The molecule has 1 fully saturated rings. The lowest BCUT2D eigenvalue weighted by atomic mass is 9.94. The van der Waals surface area contributed by atoms with Crippen molar-refractivity contribution in [2.24, 2.45) is 21.8 Å². The molecule has 4 nitrogen and oxygen atoms in total. The van der Waals surface area contributed by atoms with Crippen LogP contribution in [0.2, 0.25) is 0 Å². The molecule has 2 aliphatic heterocycles. The number of hydrogen-bond donors (Lipinski definition) is 1. The molecule has 2 aliphatic rings. The first kappa shape index (κ1) is 28.9. The van der Waals surface area contributed by atoms with Gasteiger partial charge >= 0.3 is 12.4 Å². The maximum atomic E-state index is 13.2. The summed E-state index contributed by atoms with van der Waals surface area (Å²) in [6.07, 6.45) is 2.73. The zero-order chi connectivity index (χ0) is 27.1. The molecule has 204 valence electrons. The van der Waals surface area contributed by atoms with Crippen LogP contribution in [-0.4, -0.2) is 36.7 Å². The fraction of sp³-hybridized carbons (Fsp3) is 0.556. The van der Waals surface area contributed by atoms with Gasteiger partial charge in [-0.1, -0.05) is 38.8 Å². The van der Waals surface area contributed by atoms with Crippen LogP contribution in [0.1, 0.15) is 68.6 Å². The average molecular weight is 529 g/mol. The molecule has 2 unspecified atom stereocenters. The number of halogens is 6. The van der Waals surface area contributed by atoms with E-state index in [1.54, 1.807) is 6.21 Å². The van der Waals surface area contributed by atoms with Crippen molar-refractivity contribution in [1.82, 2.24) is 10.4 Å². The van der Waals surface area contributed by atoms with Crippen LogP contribution in [0.5, 0.6) is 0 Å². The molecule has 0 amide bonds. The summed E-state index contributed by atoms with van der Waals surface area (Å²) in [7, 11) is 0. The van der Waals surface area contributed by atoms with Gasteiger partial charge in [0.15, 0.2) is 5.84 Å². The van der Waals surface area contributed by atoms with E-state index in [0.29, 0.717) is 25.0 Å². The Morgan fingerprint density at radius 1 is 1.03 bits per heavy atom. The molecule has 0 radical (unpaired) electrons. The Morgan fingerprint density at radius 2 is 1.73 bits per heavy atom. The molecule has 3 rings (SSSR count).